The Kier molecular flexibility index (Phi) is 20.2. The second-order valence-corrected chi connectivity index (χ2v) is 37.9. The average Bonchev–Trinajstić information content (AvgIpc) is 1.52. The minimum absolute atomic E-state index is 0.0688. The zero-order valence-electron chi connectivity index (χ0n) is 68.9. The van der Waals surface area contributed by atoms with Gasteiger partial charge in [0.2, 0.25) is 5.69 Å². The van der Waals surface area contributed by atoms with Crippen LogP contribution in [-0.2, 0) is 54.1 Å². The van der Waals surface area contributed by atoms with Crippen molar-refractivity contribution in [1.82, 2.24) is 0 Å². The summed E-state index contributed by atoms with van der Waals surface area (Å²) in [7, 11) is 4.49. The van der Waals surface area contributed by atoms with Gasteiger partial charge < -0.3 is 4.90 Å². The normalized spacial score (nSPS) is 24.7. The summed E-state index contributed by atoms with van der Waals surface area (Å²) in [5.41, 5.74) is 33.3. The molecule has 4 aliphatic carbocycles. The maximum Gasteiger partial charge on any atom is 0.209 e. The quantitative estimate of drug-likeness (QED) is 0.0432. The van der Waals surface area contributed by atoms with Crippen LogP contribution in [0.2, 0.25) is 0 Å². The average molecular weight is 1370 g/mol. The molecule has 6 aromatic rings. The first-order chi connectivity index (χ1) is 48.2. The van der Waals surface area contributed by atoms with Crippen LogP contribution in [0.4, 0.5) is 11.4 Å². The molecule has 6 aliphatic rings. The Hall–Kier alpha value is -6.25. The first-order valence-electron chi connectivity index (χ1n) is 41.2. The molecule has 0 aromatic heterocycles. The number of rotatable bonds is 24. The molecular weight excluding hydrogens is 1230 g/mol. The molecule has 2 heterocycles. The van der Waals surface area contributed by atoms with Crippen LogP contribution in [0.15, 0.2) is 145 Å². The fourth-order valence-electron chi connectivity index (χ4n) is 24.2. The summed E-state index contributed by atoms with van der Waals surface area (Å²) in [4.78, 5) is 2.41. The molecule has 0 spiro atoms. The Bertz CT molecular complexity index is 4250. The van der Waals surface area contributed by atoms with Crippen molar-refractivity contribution in [3.8, 4) is 44.5 Å². The predicted octanol–water partition coefficient (Wildman–Crippen LogP) is 28.2. The second-order valence-electron chi connectivity index (χ2n) is 37.9. The molecule has 6 atom stereocenters. The van der Waals surface area contributed by atoms with Gasteiger partial charge in [0.1, 0.15) is 7.05 Å². The molecule has 2 heteroatoms. The third kappa shape index (κ3) is 11.8. The lowest BCUT2D eigenvalue weighted by Crippen LogP contribution is -2.34. The van der Waals surface area contributed by atoms with Crippen molar-refractivity contribution in [2.24, 2.45) is 17.8 Å². The van der Waals surface area contributed by atoms with E-state index in [1.165, 1.54) is 176 Å². The summed E-state index contributed by atoms with van der Waals surface area (Å²) < 4.78 is 2.41. The lowest BCUT2D eigenvalue weighted by Gasteiger charge is -2.40. The summed E-state index contributed by atoms with van der Waals surface area (Å²) in [6.07, 6.45) is 36.7. The number of hydrogen-bond donors (Lipinski definition) is 0. The highest BCUT2D eigenvalue weighted by Gasteiger charge is 2.59. The van der Waals surface area contributed by atoms with Crippen molar-refractivity contribution in [3.63, 3.8) is 0 Å². The molecule has 0 bridgehead atoms. The number of hydrogen-bond acceptors (Lipinski definition) is 1. The molecular formula is C100H135N2+. The van der Waals surface area contributed by atoms with Crippen LogP contribution in [0.25, 0.3) is 44.5 Å². The third-order valence-electron chi connectivity index (χ3n) is 28.8. The van der Waals surface area contributed by atoms with E-state index in [9.17, 15) is 0 Å². The largest absolute Gasteiger partial charge is 0.347 e. The van der Waals surface area contributed by atoms with Gasteiger partial charge in [0.15, 0.2) is 5.71 Å². The van der Waals surface area contributed by atoms with E-state index in [1.807, 2.05) is 0 Å². The molecule has 0 N–H and O–H groups in total. The van der Waals surface area contributed by atoms with E-state index in [4.69, 9.17) is 0 Å². The van der Waals surface area contributed by atoms with E-state index in [2.05, 4.69) is 322 Å². The molecule has 6 aromatic carbocycles. The maximum absolute atomic E-state index is 2.86. The van der Waals surface area contributed by atoms with Crippen LogP contribution in [-0.4, -0.2) is 24.4 Å². The number of fused-ring (bicyclic) bond motifs is 6. The number of nitrogens with zero attached hydrogens (tertiary/aromatic N) is 2. The maximum atomic E-state index is 2.86. The summed E-state index contributed by atoms with van der Waals surface area (Å²) >= 11 is 0. The Labute approximate surface area is 622 Å². The summed E-state index contributed by atoms with van der Waals surface area (Å²) in [5.74, 6) is 1.87. The number of benzene rings is 6. The monoisotopic (exact) mass is 1360 g/mol. The van der Waals surface area contributed by atoms with E-state index >= 15 is 0 Å². The topological polar surface area (TPSA) is 6.25 Å². The molecule has 2 aliphatic heterocycles. The zero-order valence-corrected chi connectivity index (χ0v) is 68.9. The highest BCUT2D eigenvalue weighted by atomic mass is 15.2. The molecule has 102 heavy (non-hydrogen) atoms. The zero-order chi connectivity index (χ0) is 73.9. The summed E-state index contributed by atoms with van der Waals surface area (Å²) in [6, 6.07) is 40.0. The minimum atomic E-state index is -0.173. The van der Waals surface area contributed by atoms with Crippen molar-refractivity contribution in [3.05, 3.63) is 201 Å². The van der Waals surface area contributed by atoms with Crippen molar-refractivity contribution >= 4 is 17.1 Å². The van der Waals surface area contributed by atoms with Gasteiger partial charge in [-0.2, -0.15) is 4.58 Å². The van der Waals surface area contributed by atoms with Gasteiger partial charge in [0, 0.05) is 41.6 Å². The van der Waals surface area contributed by atoms with Gasteiger partial charge in [-0.05, 0) is 258 Å². The molecule has 0 amide bonds. The third-order valence-corrected chi connectivity index (χ3v) is 28.8. The van der Waals surface area contributed by atoms with Gasteiger partial charge in [-0.1, -0.05) is 294 Å². The molecule has 544 valence electrons. The van der Waals surface area contributed by atoms with Crippen molar-refractivity contribution in [1.29, 1.82) is 0 Å². The molecule has 0 fully saturated rings. The lowest BCUT2D eigenvalue weighted by atomic mass is 9.64. The highest BCUT2D eigenvalue weighted by molar-refractivity contribution is 6.03. The van der Waals surface area contributed by atoms with Gasteiger partial charge in [-0.15, -0.1) is 0 Å². The summed E-state index contributed by atoms with van der Waals surface area (Å²) in [6.45, 7) is 57.5. The Morgan fingerprint density at radius 3 is 1.18 bits per heavy atom. The van der Waals surface area contributed by atoms with Gasteiger partial charge in [0.05, 0.1) is 5.41 Å². The Balaban J connectivity index is 0.779. The second kappa shape index (κ2) is 27.3. The van der Waals surface area contributed by atoms with Crippen LogP contribution in [0.1, 0.15) is 324 Å². The van der Waals surface area contributed by atoms with E-state index in [-0.39, 0.29) is 54.1 Å². The van der Waals surface area contributed by atoms with Gasteiger partial charge in [-0.25, -0.2) is 0 Å². The Morgan fingerprint density at radius 2 is 0.745 bits per heavy atom. The van der Waals surface area contributed by atoms with E-state index in [0.29, 0.717) is 17.8 Å². The molecule has 6 unspecified atom stereocenters. The first kappa shape index (κ1) is 75.4. The fraction of sp³-hybridized carbons (Fsp3) is 0.550. The Morgan fingerprint density at radius 1 is 0.382 bits per heavy atom. The lowest BCUT2D eigenvalue weighted by molar-refractivity contribution is -0.401. The smallest absolute Gasteiger partial charge is 0.209 e. The van der Waals surface area contributed by atoms with Crippen molar-refractivity contribution in [2.75, 3.05) is 19.0 Å². The van der Waals surface area contributed by atoms with E-state index in [0.717, 1.165) is 0 Å². The molecule has 0 saturated carbocycles. The molecule has 2 nitrogen and oxygen atoms in total. The van der Waals surface area contributed by atoms with Crippen LogP contribution >= 0.6 is 0 Å². The van der Waals surface area contributed by atoms with Crippen molar-refractivity contribution < 1.29 is 4.58 Å². The van der Waals surface area contributed by atoms with Crippen LogP contribution in [0, 0.1) is 17.8 Å². The minimum Gasteiger partial charge on any atom is -0.347 e. The number of likely N-dealkylation sites (N-methyl/N-ethyl adjacent to an activating group) is 1. The molecule has 12 rings (SSSR count). The number of anilines is 1. The van der Waals surface area contributed by atoms with Crippen molar-refractivity contribution in [2.45, 2.75) is 323 Å². The van der Waals surface area contributed by atoms with E-state index in [1.54, 1.807) is 55.6 Å². The summed E-state index contributed by atoms with van der Waals surface area (Å²) in [5, 5.41) is 0. The van der Waals surface area contributed by atoms with E-state index < -0.39 is 0 Å². The fourth-order valence-corrected chi connectivity index (χ4v) is 24.2. The van der Waals surface area contributed by atoms with Gasteiger partial charge in [0.25, 0.3) is 0 Å². The molecule has 0 radical (unpaired) electrons. The standard InChI is InChI=1S/C100H135N2/c1-26-53-97(54-27-2)62-91(12,13)87-77(97)60-78-88(92(14,15)63-98(78,55-28-3)66(9)31-6)85(87)71-45-41-69(42-46-71)73-49-51-81-75(58-73)95(20,21)83(101(81)24)39-37-35-34-36-38-40-84-96(22,23)76-59-74(50-52-82(76)102(84)25)70-43-47-72(48-44-70)86-89-79(99(56-29-4,67(10)32-7)64-93(89,16)17)61-80-90(86)94(18,19)65-100(80,57-30-5)68(11)33-8/h34-52,58-61,66-68H,26-33,53-57,62-65H2,1-25H3/q+1. The first-order valence-corrected chi connectivity index (χ1v) is 41.2. The van der Waals surface area contributed by atoms with Crippen LogP contribution in [0.5, 0.6) is 0 Å². The highest BCUT2D eigenvalue weighted by Crippen LogP contribution is 2.68. The predicted molar refractivity (Wildman–Crippen MR) is 446 cm³/mol. The SMILES string of the molecule is CCCC1(CCC)CC(C)(C)c2c1cc1c(c2-c2ccc(-c3ccc4c(c3)C(C)(C)\C(=C/C=C/C=C/C=C/C3=[N+](C)c5ccc(-c6ccc(-c7c8c(cc9c7C(C)(C)CC9(CCC)C(C)CC)C(CCC)(C(C)CC)CC8(C)C)cc6)cc5C3(C)C)N4C)cc2)C(C)(C)CC1(CCC)C(C)CC. The van der Waals surface area contributed by atoms with Gasteiger partial charge in [-0.3, -0.25) is 0 Å². The van der Waals surface area contributed by atoms with Crippen LogP contribution < -0.4 is 4.90 Å². The number of allylic oxidation sites excluding steroid dienone is 8. The van der Waals surface area contributed by atoms with Gasteiger partial charge >= 0.3 is 0 Å². The molecule has 0 saturated heterocycles. The van der Waals surface area contributed by atoms with Crippen LogP contribution in [0.3, 0.4) is 0 Å².